The molecule has 1 aromatic carbocycles. The monoisotopic (exact) mass is 325 g/mol. The molecule has 5 heteroatoms. The molecule has 2 N–H and O–H groups in total. The molecule has 0 radical (unpaired) electrons. The predicted octanol–water partition coefficient (Wildman–Crippen LogP) is 4.34. The first-order chi connectivity index (χ1) is 7.59. The fourth-order valence-electron chi connectivity index (χ4n) is 2.42. The largest absolute Gasteiger partial charge is 0.324 e. The lowest BCUT2D eigenvalue weighted by Crippen LogP contribution is -2.21. The second-order valence-corrected chi connectivity index (χ2v) is 5.27. The molecule has 0 amide bonds. The van der Waals surface area contributed by atoms with Gasteiger partial charge < -0.3 is 5.73 Å². The minimum Gasteiger partial charge on any atom is -0.324 e. The van der Waals surface area contributed by atoms with Crippen molar-refractivity contribution in [1.82, 2.24) is 0 Å². The number of benzene rings is 1. The topological polar surface area (TPSA) is 26.0 Å². The molecule has 1 fully saturated rings. The number of hydrogen-bond acceptors (Lipinski definition) is 1. The van der Waals surface area contributed by atoms with Gasteiger partial charge in [0, 0.05) is 16.1 Å². The van der Waals surface area contributed by atoms with Gasteiger partial charge in [0.05, 0.1) is 0 Å². The van der Waals surface area contributed by atoms with Gasteiger partial charge in [-0.3, -0.25) is 0 Å². The zero-order chi connectivity index (χ0) is 11.7. The van der Waals surface area contributed by atoms with Crippen molar-refractivity contribution in [3.05, 3.63) is 33.8 Å². The first kappa shape index (κ1) is 14.9. The molecule has 1 saturated carbocycles. The lowest BCUT2D eigenvalue weighted by atomic mass is 9.92. The highest BCUT2D eigenvalue weighted by molar-refractivity contribution is 9.10. The van der Waals surface area contributed by atoms with E-state index >= 15 is 0 Å². The summed E-state index contributed by atoms with van der Waals surface area (Å²) in [5.41, 5.74) is 5.99. The second kappa shape index (κ2) is 6.12. The normalized spacial score (nSPS) is 17.9. The summed E-state index contributed by atoms with van der Waals surface area (Å²) >= 11 is 3.06. The minimum absolute atomic E-state index is 0. The van der Waals surface area contributed by atoms with Crippen molar-refractivity contribution in [3.63, 3.8) is 0 Å². The molecule has 0 aromatic heterocycles. The zero-order valence-electron chi connectivity index (χ0n) is 9.26. The van der Waals surface area contributed by atoms with Crippen LogP contribution in [-0.2, 0) is 0 Å². The van der Waals surface area contributed by atoms with Gasteiger partial charge in [-0.1, -0.05) is 28.8 Å². The third-order valence-corrected chi connectivity index (χ3v) is 3.74. The summed E-state index contributed by atoms with van der Waals surface area (Å²) in [5.74, 6) is -0.886. The first-order valence-electron chi connectivity index (χ1n) is 5.49. The summed E-state index contributed by atoms with van der Waals surface area (Å²) in [6.07, 6.45) is 4.16. The molecular formula is C12H15BrClF2N. The van der Waals surface area contributed by atoms with Gasteiger partial charge >= 0.3 is 0 Å². The molecular weight excluding hydrogens is 311 g/mol. The quantitative estimate of drug-likeness (QED) is 0.859. The van der Waals surface area contributed by atoms with Gasteiger partial charge in [-0.05, 0) is 30.9 Å². The maximum absolute atomic E-state index is 13.7. The Kier molecular flexibility index (Phi) is 5.35. The Bertz CT molecular complexity index is 371. The van der Waals surface area contributed by atoms with Crippen LogP contribution in [0, 0.1) is 17.6 Å². The first-order valence-corrected chi connectivity index (χ1v) is 6.29. The van der Waals surface area contributed by atoms with Crippen LogP contribution in [0.2, 0.25) is 0 Å². The van der Waals surface area contributed by atoms with Crippen LogP contribution < -0.4 is 5.73 Å². The third-order valence-electron chi connectivity index (χ3n) is 3.28. The van der Waals surface area contributed by atoms with Crippen molar-refractivity contribution < 1.29 is 8.78 Å². The lowest BCUT2D eigenvalue weighted by molar-refractivity contribution is 0.410. The Balaban J connectivity index is 0.00000144. The van der Waals surface area contributed by atoms with E-state index in [1.807, 2.05) is 0 Å². The van der Waals surface area contributed by atoms with Crippen LogP contribution in [0.1, 0.15) is 37.3 Å². The molecule has 1 aliphatic carbocycles. The molecule has 1 atom stereocenters. The summed E-state index contributed by atoms with van der Waals surface area (Å²) in [6.45, 7) is 0. The Hall–Kier alpha value is -0.190. The second-order valence-electron chi connectivity index (χ2n) is 4.35. The van der Waals surface area contributed by atoms with Gasteiger partial charge in [0.2, 0.25) is 0 Å². The van der Waals surface area contributed by atoms with E-state index in [1.165, 1.54) is 12.1 Å². The molecule has 17 heavy (non-hydrogen) atoms. The molecule has 1 aromatic rings. The summed E-state index contributed by atoms with van der Waals surface area (Å²) in [5, 5.41) is 0. The number of halogens is 4. The van der Waals surface area contributed by atoms with E-state index in [0.717, 1.165) is 25.7 Å². The SMILES string of the molecule is Cl.N[C@H](c1c(F)cc(Br)cc1F)C1CCCC1. The van der Waals surface area contributed by atoms with Gasteiger partial charge in [0.15, 0.2) is 0 Å². The summed E-state index contributed by atoms with van der Waals surface area (Å²) in [7, 11) is 0. The predicted molar refractivity (Wildman–Crippen MR) is 70.2 cm³/mol. The van der Waals surface area contributed by atoms with E-state index in [0.29, 0.717) is 4.47 Å². The summed E-state index contributed by atoms with van der Waals surface area (Å²) in [4.78, 5) is 0. The Morgan fingerprint density at radius 3 is 2.12 bits per heavy atom. The molecule has 1 aliphatic rings. The van der Waals surface area contributed by atoms with Crippen LogP contribution in [-0.4, -0.2) is 0 Å². The van der Waals surface area contributed by atoms with E-state index in [1.54, 1.807) is 0 Å². The van der Waals surface area contributed by atoms with Crippen molar-refractivity contribution in [3.8, 4) is 0 Å². The van der Waals surface area contributed by atoms with Crippen molar-refractivity contribution >= 4 is 28.3 Å². The van der Waals surface area contributed by atoms with Gasteiger partial charge in [-0.25, -0.2) is 8.78 Å². The van der Waals surface area contributed by atoms with E-state index in [9.17, 15) is 8.78 Å². The van der Waals surface area contributed by atoms with E-state index < -0.39 is 17.7 Å². The van der Waals surface area contributed by atoms with E-state index in [2.05, 4.69) is 15.9 Å². The van der Waals surface area contributed by atoms with Crippen molar-refractivity contribution in [2.24, 2.45) is 11.7 Å². The van der Waals surface area contributed by atoms with E-state index in [4.69, 9.17) is 5.73 Å². The smallest absolute Gasteiger partial charge is 0.132 e. The van der Waals surface area contributed by atoms with Gasteiger partial charge in [-0.15, -0.1) is 12.4 Å². The maximum atomic E-state index is 13.7. The molecule has 0 spiro atoms. The zero-order valence-corrected chi connectivity index (χ0v) is 11.7. The molecule has 96 valence electrons. The Morgan fingerprint density at radius 2 is 1.65 bits per heavy atom. The van der Waals surface area contributed by atoms with Crippen molar-refractivity contribution in [1.29, 1.82) is 0 Å². The van der Waals surface area contributed by atoms with Gasteiger partial charge in [-0.2, -0.15) is 0 Å². The van der Waals surface area contributed by atoms with Crippen LogP contribution in [0.4, 0.5) is 8.78 Å². The van der Waals surface area contributed by atoms with Crippen LogP contribution in [0.5, 0.6) is 0 Å². The van der Waals surface area contributed by atoms with Crippen LogP contribution in [0.15, 0.2) is 16.6 Å². The van der Waals surface area contributed by atoms with Crippen LogP contribution in [0.3, 0.4) is 0 Å². The minimum atomic E-state index is -0.550. The number of hydrogen-bond donors (Lipinski definition) is 1. The fourth-order valence-corrected chi connectivity index (χ4v) is 2.83. The average molecular weight is 327 g/mol. The maximum Gasteiger partial charge on any atom is 0.132 e. The van der Waals surface area contributed by atoms with Gasteiger partial charge in [0.1, 0.15) is 11.6 Å². The number of rotatable bonds is 2. The van der Waals surface area contributed by atoms with Crippen LogP contribution >= 0.6 is 28.3 Å². The molecule has 0 unspecified atom stereocenters. The number of nitrogens with two attached hydrogens (primary N) is 1. The highest BCUT2D eigenvalue weighted by Gasteiger charge is 2.27. The molecule has 2 rings (SSSR count). The summed E-state index contributed by atoms with van der Waals surface area (Å²) in [6, 6.07) is 2.02. The lowest BCUT2D eigenvalue weighted by Gasteiger charge is -2.20. The van der Waals surface area contributed by atoms with Crippen molar-refractivity contribution in [2.45, 2.75) is 31.7 Å². The third kappa shape index (κ3) is 3.18. The molecule has 1 nitrogen and oxygen atoms in total. The Morgan fingerprint density at radius 1 is 1.18 bits per heavy atom. The molecule has 0 heterocycles. The highest BCUT2D eigenvalue weighted by Crippen LogP contribution is 2.36. The summed E-state index contributed by atoms with van der Waals surface area (Å²) < 4.78 is 27.7. The van der Waals surface area contributed by atoms with Crippen LogP contribution in [0.25, 0.3) is 0 Å². The standard InChI is InChI=1S/C12H14BrF2N.ClH/c13-8-5-9(14)11(10(15)6-8)12(16)7-3-1-2-4-7;/h5-7,12H,1-4,16H2;1H/t12-;/m0./s1. The van der Waals surface area contributed by atoms with Gasteiger partial charge in [0.25, 0.3) is 0 Å². The highest BCUT2D eigenvalue weighted by atomic mass is 79.9. The average Bonchev–Trinajstić information content (AvgIpc) is 2.67. The fraction of sp³-hybridized carbons (Fsp3) is 0.500. The van der Waals surface area contributed by atoms with Crippen molar-refractivity contribution in [2.75, 3.05) is 0 Å². The molecule has 0 bridgehead atoms. The van der Waals surface area contributed by atoms with E-state index in [-0.39, 0.29) is 23.9 Å². The molecule has 0 aliphatic heterocycles. The molecule has 0 saturated heterocycles. The Labute approximate surface area is 114 Å².